The van der Waals surface area contributed by atoms with E-state index in [0.29, 0.717) is 0 Å². The number of nitrogens with zero attached hydrogens (tertiary/aromatic N) is 2. The van der Waals surface area contributed by atoms with Crippen LogP contribution in [0.25, 0.3) is 11.5 Å². The first-order chi connectivity index (χ1) is 9.93. The lowest BCUT2D eigenvalue weighted by Crippen LogP contribution is -2.07. The standard InChI is InChI=1S/C12H10FN3O5/c1-2-20-12(17)9-10(14)21-11(15-9)7-5-6(13)3-4-8(7)16(18)19/h3-5H,2,14H2,1H3. The molecule has 2 N–H and O–H groups in total. The number of carbonyl (C=O) groups is 1. The number of nitrogens with two attached hydrogens (primary N) is 1. The van der Waals surface area contributed by atoms with E-state index in [0.717, 1.165) is 18.2 Å². The molecule has 0 aliphatic rings. The highest BCUT2D eigenvalue weighted by molar-refractivity contribution is 5.92. The molecule has 0 atom stereocenters. The molecule has 0 saturated carbocycles. The van der Waals surface area contributed by atoms with Gasteiger partial charge in [0, 0.05) is 6.07 Å². The predicted molar refractivity (Wildman–Crippen MR) is 68.9 cm³/mol. The molecule has 0 bridgehead atoms. The van der Waals surface area contributed by atoms with Crippen LogP contribution in [0.1, 0.15) is 17.4 Å². The van der Waals surface area contributed by atoms with E-state index in [2.05, 4.69) is 4.98 Å². The number of benzene rings is 1. The molecule has 9 heteroatoms. The van der Waals surface area contributed by atoms with Crippen molar-refractivity contribution in [3.8, 4) is 11.5 Å². The largest absolute Gasteiger partial charge is 0.461 e. The molecular formula is C12H10FN3O5. The van der Waals surface area contributed by atoms with Crippen LogP contribution < -0.4 is 5.73 Å². The summed E-state index contributed by atoms with van der Waals surface area (Å²) in [6.45, 7) is 1.69. The highest BCUT2D eigenvalue weighted by atomic mass is 19.1. The van der Waals surface area contributed by atoms with E-state index < -0.39 is 22.4 Å². The van der Waals surface area contributed by atoms with Crippen molar-refractivity contribution in [2.24, 2.45) is 0 Å². The van der Waals surface area contributed by atoms with E-state index in [-0.39, 0.29) is 29.6 Å². The molecule has 2 aromatic rings. The van der Waals surface area contributed by atoms with Gasteiger partial charge in [-0.05, 0) is 19.1 Å². The van der Waals surface area contributed by atoms with Crippen molar-refractivity contribution in [3.05, 3.63) is 39.8 Å². The Morgan fingerprint density at radius 3 is 2.90 bits per heavy atom. The molecule has 0 spiro atoms. The second-order valence-corrected chi connectivity index (χ2v) is 3.87. The Kier molecular flexibility index (Phi) is 3.83. The van der Waals surface area contributed by atoms with Gasteiger partial charge in [-0.25, -0.2) is 9.18 Å². The van der Waals surface area contributed by atoms with E-state index >= 15 is 0 Å². The van der Waals surface area contributed by atoms with E-state index in [1.54, 1.807) is 6.92 Å². The molecule has 1 aromatic heterocycles. The van der Waals surface area contributed by atoms with Gasteiger partial charge < -0.3 is 14.9 Å². The van der Waals surface area contributed by atoms with Crippen molar-refractivity contribution in [3.63, 3.8) is 0 Å². The number of carbonyl (C=O) groups excluding carboxylic acids is 1. The number of nitro groups is 1. The highest BCUT2D eigenvalue weighted by Crippen LogP contribution is 2.32. The minimum Gasteiger partial charge on any atom is -0.461 e. The van der Waals surface area contributed by atoms with Crippen molar-refractivity contribution < 1.29 is 23.3 Å². The minimum atomic E-state index is -0.830. The van der Waals surface area contributed by atoms with Crippen LogP contribution in [0.2, 0.25) is 0 Å². The maximum absolute atomic E-state index is 13.3. The lowest BCUT2D eigenvalue weighted by atomic mass is 10.2. The number of rotatable bonds is 4. The van der Waals surface area contributed by atoms with E-state index in [1.807, 2.05) is 0 Å². The minimum absolute atomic E-state index is 0.0978. The summed E-state index contributed by atoms with van der Waals surface area (Å²) >= 11 is 0. The number of hydrogen-bond donors (Lipinski definition) is 1. The number of ether oxygens (including phenoxy) is 1. The second-order valence-electron chi connectivity index (χ2n) is 3.87. The molecular weight excluding hydrogens is 285 g/mol. The number of hydrogen-bond acceptors (Lipinski definition) is 7. The monoisotopic (exact) mass is 295 g/mol. The lowest BCUT2D eigenvalue weighted by molar-refractivity contribution is -0.384. The van der Waals surface area contributed by atoms with Gasteiger partial charge in [0.1, 0.15) is 11.4 Å². The molecule has 2 rings (SSSR count). The average molecular weight is 295 g/mol. The highest BCUT2D eigenvalue weighted by Gasteiger charge is 2.25. The van der Waals surface area contributed by atoms with Crippen LogP contribution in [0, 0.1) is 15.9 Å². The average Bonchev–Trinajstić information content (AvgIpc) is 2.80. The van der Waals surface area contributed by atoms with E-state index in [4.69, 9.17) is 14.9 Å². The Morgan fingerprint density at radius 1 is 1.57 bits per heavy atom. The fourth-order valence-electron chi connectivity index (χ4n) is 1.63. The van der Waals surface area contributed by atoms with Crippen LogP contribution in [0.15, 0.2) is 22.6 Å². The topological polar surface area (TPSA) is 121 Å². The number of aromatic nitrogens is 1. The van der Waals surface area contributed by atoms with Gasteiger partial charge in [0.25, 0.3) is 5.69 Å². The predicted octanol–water partition coefficient (Wildman–Crippen LogP) is 2.15. The molecule has 1 heterocycles. The van der Waals surface area contributed by atoms with Crippen LogP contribution in [0.4, 0.5) is 16.0 Å². The SMILES string of the molecule is CCOC(=O)c1nc(-c2cc(F)ccc2[N+](=O)[O-])oc1N. The molecule has 0 aliphatic carbocycles. The maximum atomic E-state index is 13.3. The Morgan fingerprint density at radius 2 is 2.29 bits per heavy atom. The van der Waals surface area contributed by atoms with Gasteiger partial charge in [-0.2, -0.15) is 4.98 Å². The first kappa shape index (κ1) is 14.4. The Hall–Kier alpha value is -2.97. The smallest absolute Gasteiger partial charge is 0.362 e. The molecule has 0 radical (unpaired) electrons. The summed E-state index contributed by atoms with van der Waals surface area (Å²) in [7, 11) is 0. The Balaban J connectivity index is 2.53. The van der Waals surface area contributed by atoms with E-state index in [1.165, 1.54) is 0 Å². The molecule has 0 unspecified atom stereocenters. The Labute approximate surface area is 117 Å². The number of oxazole rings is 1. The summed E-state index contributed by atoms with van der Waals surface area (Å²) in [4.78, 5) is 25.5. The normalized spacial score (nSPS) is 10.4. The van der Waals surface area contributed by atoms with Crippen molar-refractivity contribution >= 4 is 17.5 Å². The van der Waals surface area contributed by atoms with Crippen LogP contribution in [-0.4, -0.2) is 22.5 Å². The fraction of sp³-hybridized carbons (Fsp3) is 0.167. The number of nitrogen functional groups attached to an aromatic ring is 1. The van der Waals surface area contributed by atoms with Gasteiger partial charge in [-0.1, -0.05) is 0 Å². The summed E-state index contributed by atoms with van der Waals surface area (Å²) in [6, 6.07) is 2.77. The number of esters is 1. The first-order valence-corrected chi connectivity index (χ1v) is 5.81. The van der Waals surface area contributed by atoms with Gasteiger partial charge in [0.05, 0.1) is 11.5 Å². The third kappa shape index (κ3) is 2.81. The second kappa shape index (κ2) is 5.57. The summed E-state index contributed by atoms with van der Waals surface area (Å²) in [6.07, 6.45) is 0. The zero-order valence-electron chi connectivity index (χ0n) is 10.8. The zero-order valence-corrected chi connectivity index (χ0v) is 10.8. The van der Waals surface area contributed by atoms with Crippen LogP contribution in [0.5, 0.6) is 0 Å². The summed E-state index contributed by atoms with van der Waals surface area (Å²) in [5.74, 6) is -2.24. The quantitative estimate of drug-likeness (QED) is 0.521. The van der Waals surface area contributed by atoms with Crippen molar-refractivity contribution in [2.75, 3.05) is 12.3 Å². The van der Waals surface area contributed by atoms with Gasteiger partial charge >= 0.3 is 5.97 Å². The molecule has 1 aromatic carbocycles. The molecule has 0 aliphatic heterocycles. The van der Waals surface area contributed by atoms with Crippen LogP contribution >= 0.6 is 0 Å². The van der Waals surface area contributed by atoms with Crippen molar-refractivity contribution in [1.29, 1.82) is 0 Å². The number of nitro benzene ring substituents is 1. The van der Waals surface area contributed by atoms with Gasteiger partial charge in [0.15, 0.2) is 0 Å². The van der Waals surface area contributed by atoms with Crippen molar-refractivity contribution in [1.82, 2.24) is 4.98 Å². The molecule has 8 nitrogen and oxygen atoms in total. The van der Waals surface area contributed by atoms with E-state index in [9.17, 15) is 19.3 Å². The van der Waals surface area contributed by atoms with Crippen molar-refractivity contribution in [2.45, 2.75) is 6.92 Å². The van der Waals surface area contributed by atoms with Gasteiger partial charge in [-0.15, -0.1) is 0 Å². The summed E-state index contributed by atoms with van der Waals surface area (Å²) in [5, 5.41) is 10.9. The van der Waals surface area contributed by atoms with Gasteiger partial charge in [0.2, 0.25) is 17.5 Å². The zero-order chi connectivity index (χ0) is 15.6. The first-order valence-electron chi connectivity index (χ1n) is 5.81. The number of anilines is 1. The van der Waals surface area contributed by atoms with Crippen LogP contribution in [0.3, 0.4) is 0 Å². The summed E-state index contributed by atoms with van der Waals surface area (Å²) < 4.78 is 23.0. The fourth-order valence-corrected chi connectivity index (χ4v) is 1.63. The third-order valence-corrected chi connectivity index (χ3v) is 2.51. The summed E-state index contributed by atoms with van der Waals surface area (Å²) in [5.41, 5.74) is 4.52. The molecule has 21 heavy (non-hydrogen) atoms. The molecule has 0 saturated heterocycles. The van der Waals surface area contributed by atoms with Crippen LogP contribution in [-0.2, 0) is 4.74 Å². The maximum Gasteiger partial charge on any atom is 0.362 e. The molecule has 0 fully saturated rings. The Bertz CT molecular complexity index is 713. The van der Waals surface area contributed by atoms with Gasteiger partial charge in [-0.3, -0.25) is 10.1 Å². The number of halogens is 1. The molecule has 0 amide bonds. The third-order valence-electron chi connectivity index (χ3n) is 2.51. The molecule has 110 valence electrons. The lowest BCUT2D eigenvalue weighted by Gasteiger charge is -1.98.